The number of fused-ring (bicyclic) bond motifs is 6. The number of thiophene rings is 1. The van der Waals surface area contributed by atoms with Crippen molar-refractivity contribution in [2.24, 2.45) is 0 Å². The van der Waals surface area contributed by atoms with Gasteiger partial charge in [0.05, 0.1) is 0 Å². The van der Waals surface area contributed by atoms with E-state index in [1.165, 1.54) is 20.2 Å². The summed E-state index contributed by atoms with van der Waals surface area (Å²) in [7, 11) is -3.36. The van der Waals surface area contributed by atoms with E-state index in [1.807, 2.05) is 54.7 Å². The van der Waals surface area contributed by atoms with Crippen molar-refractivity contribution in [3.63, 3.8) is 0 Å². The van der Waals surface area contributed by atoms with E-state index in [9.17, 15) is 4.57 Å². The van der Waals surface area contributed by atoms with E-state index in [-0.39, 0.29) is 0 Å². The van der Waals surface area contributed by atoms with Crippen LogP contribution in [0.4, 0.5) is 0 Å². The molecule has 0 radical (unpaired) electrons. The molecule has 0 N–H and O–H groups in total. The molecular weight excluding hydrogens is 605 g/mol. The molecule has 0 aliphatic carbocycles. The zero-order valence-electron chi connectivity index (χ0n) is 24.4. The van der Waals surface area contributed by atoms with Crippen LogP contribution in [0.3, 0.4) is 0 Å². The van der Waals surface area contributed by atoms with E-state index >= 15 is 0 Å². The normalized spacial score (nSPS) is 12.0. The Morgan fingerprint density at radius 2 is 1.11 bits per heavy atom. The maximum atomic E-state index is 14.9. The van der Waals surface area contributed by atoms with E-state index in [1.54, 1.807) is 42.1 Å². The molecule has 0 unspecified atom stereocenters. The number of furan rings is 1. The lowest BCUT2D eigenvalue weighted by molar-refractivity contribution is 0.591. The van der Waals surface area contributed by atoms with E-state index in [4.69, 9.17) is 4.42 Å². The molecule has 0 saturated heterocycles. The van der Waals surface area contributed by atoms with Crippen molar-refractivity contribution in [3.8, 4) is 22.3 Å². The summed E-state index contributed by atoms with van der Waals surface area (Å²) in [4.78, 5) is 13.6. The fraction of sp³-hybridized carbons (Fsp3) is 0. The van der Waals surface area contributed by atoms with Gasteiger partial charge in [-0.05, 0) is 89.5 Å². The number of pyridine rings is 3. The lowest BCUT2D eigenvalue weighted by Crippen LogP contribution is -2.28. The lowest BCUT2D eigenvalue weighted by atomic mass is 9.99. The molecule has 5 aromatic heterocycles. The second-order valence-electron chi connectivity index (χ2n) is 11.3. The van der Waals surface area contributed by atoms with Gasteiger partial charge in [-0.2, -0.15) is 0 Å². The third-order valence-electron chi connectivity index (χ3n) is 8.54. The van der Waals surface area contributed by atoms with Crippen LogP contribution in [0, 0.1) is 0 Å². The molecule has 0 bridgehead atoms. The zero-order valence-corrected chi connectivity index (χ0v) is 26.1. The van der Waals surface area contributed by atoms with Gasteiger partial charge in [0.15, 0.2) is 0 Å². The summed E-state index contributed by atoms with van der Waals surface area (Å²) in [5.74, 6) is 0. The summed E-state index contributed by atoms with van der Waals surface area (Å²) in [6.07, 6.45) is 6.85. The van der Waals surface area contributed by atoms with Crippen molar-refractivity contribution < 1.29 is 8.98 Å². The van der Waals surface area contributed by atoms with Crippen LogP contribution < -0.4 is 16.2 Å². The van der Waals surface area contributed by atoms with Gasteiger partial charge < -0.3 is 8.98 Å². The molecule has 218 valence electrons. The highest BCUT2D eigenvalue weighted by molar-refractivity contribution is 7.84. The van der Waals surface area contributed by atoms with Gasteiger partial charge in [0.25, 0.3) is 0 Å². The second-order valence-corrected chi connectivity index (χ2v) is 15.0. The van der Waals surface area contributed by atoms with E-state index < -0.39 is 7.14 Å². The number of nitrogens with zero attached hydrogens (tertiary/aromatic N) is 3. The number of aromatic nitrogens is 3. The fourth-order valence-electron chi connectivity index (χ4n) is 6.26. The zero-order chi connectivity index (χ0) is 30.7. The first-order chi connectivity index (χ1) is 22.6. The van der Waals surface area contributed by atoms with Crippen LogP contribution in [-0.4, -0.2) is 15.0 Å². The average molecular weight is 630 g/mol. The molecule has 0 fully saturated rings. The van der Waals surface area contributed by atoms with Crippen molar-refractivity contribution in [1.29, 1.82) is 0 Å². The highest BCUT2D eigenvalue weighted by atomic mass is 32.1. The van der Waals surface area contributed by atoms with Gasteiger partial charge >= 0.3 is 0 Å². The number of benzene rings is 4. The first kappa shape index (κ1) is 26.9. The monoisotopic (exact) mass is 629 g/mol. The van der Waals surface area contributed by atoms with Gasteiger partial charge in [-0.3, -0.25) is 15.0 Å². The molecule has 7 heteroatoms. The first-order valence-corrected chi connectivity index (χ1v) is 17.4. The third-order valence-corrected chi connectivity index (χ3v) is 12.5. The maximum absolute atomic E-state index is 14.9. The van der Waals surface area contributed by atoms with Gasteiger partial charge in [0, 0.05) is 66.6 Å². The Bertz CT molecular complexity index is 2590. The molecule has 5 nitrogen and oxygen atoms in total. The molecular formula is C39H24N3O2PS. The molecule has 0 aliphatic rings. The Labute approximate surface area is 268 Å². The van der Waals surface area contributed by atoms with Crippen LogP contribution >= 0.6 is 18.5 Å². The minimum absolute atomic E-state index is 0.487. The molecule has 46 heavy (non-hydrogen) atoms. The molecule has 0 spiro atoms. The predicted molar refractivity (Wildman–Crippen MR) is 190 cm³/mol. The number of hydrogen-bond donors (Lipinski definition) is 0. The minimum Gasteiger partial charge on any atom is -0.456 e. The molecule has 0 amide bonds. The van der Waals surface area contributed by atoms with E-state index in [0.29, 0.717) is 16.2 Å². The molecule has 5 heterocycles. The second kappa shape index (κ2) is 10.6. The number of para-hydroxylation sites is 1. The largest absolute Gasteiger partial charge is 0.456 e. The van der Waals surface area contributed by atoms with Crippen molar-refractivity contribution >= 4 is 76.8 Å². The van der Waals surface area contributed by atoms with Crippen LogP contribution in [0.2, 0.25) is 0 Å². The summed E-state index contributed by atoms with van der Waals surface area (Å²) < 4.78 is 23.4. The van der Waals surface area contributed by atoms with Crippen molar-refractivity contribution in [2.45, 2.75) is 0 Å². The van der Waals surface area contributed by atoms with Crippen molar-refractivity contribution in [2.75, 3.05) is 0 Å². The molecule has 9 aromatic rings. The van der Waals surface area contributed by atoms with Gasteiger partial charge in [-0.25, -0.2) is 0 Å². The van der Waals surface area contributed by atoms with Gasteiger partial charge in [-0.1, -0.05) is 48.5 Å². The van der Waals surface area contributed by atoms with Crippen LogP contribution in [-0.2, 0) is 4.57 Å². The van der Waals surface area contributed by atoms with Gasteiger partial charge in [-0.15, -0.1) is 11.3 Å². The van der Waals surface area contributed by atoms with Crippen molar-refractivity contribution in [1.82, 2.24) is 15.0 Å². The minimum atomic E-state index is -3.36. The van der Waals surface area contributed by atoms with Crippen LogP contribution in [0.1, 0.15) is 0 Å². The summed E-state index contributed by atoms with van der Waals surface area (Å²) in [6.45, 7) is 0. The molecule has 9 rings (SSSR count). The number of hydrogen-bond acceptors (Lipinski definition) is 6. The Morgan fingerprint density at radius 1 is 0.522 bits per heavy atom. The van der Waals surface area contributed by atoms with Crippen LogP contribution in [0.15, 0.2) is 151 Å². The van der Waals surface area contributed by atoms with Crippen LogP contribution in [0.25, 0.3) is 64.4 Å². The van der Waals surface area contributed by atoms with Gasteiger partial charge in [0.1, 0.15) is 22.0 Å². The maximum Gasteiger partial charge on any atom is 0.207 e. The summed E-state index contributed by atoms with van der Waals surface area (Å²) in [6, 6.07) is 40.7. The SMILES string of the molecule is O=P(c1cncc(-c2ccc3sc4ccc(-c5ccc6oc7ccccc7c6c5)cc4c3c2)c1)(c1ccccn1)c1ccccn1. The standard InChI is InChI=1S/C39H24N3O2PS/c43-45(38-9-3-5-17-41-38,39-10-4-6-18-42-39)29-19-28(23-40-24-29)27-13-16-37-33(22-27)32-21-26(12-15-36(32)46-37)25-11-14-35-31(20-25)30-7-1-2-8-34(30)44-35/h1-24H. The lowest BCUT2D eigenvalue weighted by Gasteiger charge is -2.18. The Kier molecular flexibility index (Phi) is 6.20. The van der Waals surface area contributed by atoms with Crippen LogP contribution in [0.5, 0.6) is 0 Å². The van der Waals surface area contributed by atoms with E-state index in [2.05, 4.69) is 75.6 Å². The molecule has 0 atom stereocenters. The summed E-state index contributed by atoms with van der Waals surface area (Å²) >= 11 is 1.79. The first-order valence-electron chi connectivity index (χ1n) is 14.9. The Balaban J connectivity index is 1.16. The van der Waals surface area contributed by atoms with Gasteiger partial charge in [0.2, 0.25) is 7.14 Å². The summed E-state index contributed by atoms with van der Waals surface area (Å²) in [5, 5.41) is 5.22. The van der Waals surface area contributed by atoms with Crippen molar-refractivity contribution in [3.05, 3.63) is 146 Å². The highest BCUT2D eigenvalue weighted by Gasteiger charge is 2.33. The van der Waals surface area contributed by atoms with E-state index in [0.717, 1.165) is 44.2 Å². The predicted octanol–water partition coefficient (Wildman–Crippen LogP) is 9.11. The third kappa shape index (κ3) is 4.30. The quantitative estimate of drug-likeness (QED) is 0.178. The Hall–Kier alpha value is -5.42. The molecule has 0 aliphatic heterocycles. The number of rotatable bonds is 5. The average Bonchev–Trinajstić information content (AvgIpc) is 3.69. The highest BCUT2D eigenvalue weighted by Crippen LogP contribution is 2.43. The Morgan fingerprint density at radius 3 is 1.78 bits per heavy atom. The smallest absolute Gasteiger partial charge is 0.207 e. The molecule has 0 saturated carbocycles. The molecule has 4 aromatic carbocycles. The topological polar surface area (TPSA) is 68.9 Å². The fourth-order valence-corrected chi connectivity index (χ4v) is 9.69. The summed E-state index contributed by atoms with van der Waals surface area (Å²) in [5.41, 5.74) is 6.96.